The number of rotatable bonds is 4. The van der Waals surface area contributed by atoms with Crippen molar-refractivity contribution in [2.45, 2.75) is 39.0 Å². The van der Waals surface area contributed by atoms with Gasteiger partial charge in [0.05, 0.1) is 12.5 Å². The molecule has 0 saturated carbocycles. The molecule has 0 unspecified atom stereocenters. The van der Waals surface area contributed by atoms with Crippen LogP contribution in [0.3, 0.4) is 0 Å². The summed E-state index contributed by atoms with van der Waals surface area (Å²) < 4.78 is 5.29. The first-order valence-electron chi connectivity index (χ1n) is 5.72. The topological polar surface area (TPSA) is 46.5 Å². The van der Waals surface area contributed by atoms with Crippen molar-refractivity contribution in [1.29, 1.82) is 0 Å². The van der Waals surface area contributed by atoms with Gasteiger partial charge in [-0.15, -0.1) is 0 Å². The molecule has 3 nitrogen and oxygen atoms in total. The molecule has 0 aliphatic rings. The highest BCUT2D eigenvalue weighted by atomic mass is 16.5. The highest BCUT2D eigenvalue weighted by Gasteiger charge is 2.30. The van der Waals surface area contributed by atoms with Crippen molar-refractivity contribution in [1.82, 2.24) is 0 Å². The molecule has 0 heterocycles. The van der Waals surface area contributed by atoms with Crippen LogP contribution in [0.25, 0.3) is 0 Å². The normalized spacial score (nSPS) is 11.6. The molecule has 0 fully saturated rings. The van der Waals surface area contributed by atoms with E-state index in [2.05, 4.69) is 13.8 Å². The monoisotopic (exact) mass is 236 g/mol. The number of ether oxygens (including phenoxy) is 1. The molecule has 1 aromatic rings. The Morgan fingerprint density at radius 1 is 1.35 bits per heavy atom. The van der Waals surface area contributed by atoms with E-state index in [0.717, 1.165) is 16.9 Å². The summed E-state index contributed by atoms with van der Waals surface area (Å²) in [6.45, 7) is 7.55. The molecule has 0 aliphatic carbocycles. The Balaban J connectivity index is 3.30. The van der Waals surface area contributed by atoms with Crippen LogP contribution in [0.15, 0.2) is 18.2 Å². The second-order valence-corrected chi connectivity index (χ2v) is 5.04. The molecule has 0 amide bonds. The number of hydrogen-bond acceptors (Lipinski definition) is 2. The number of benzene rings is 1. The predicted molar refractivity (Wildman–Crippen MR) is 67.7 cm³/mol. The lowest BCUT2D eigenvalue weighted by molar-refractivity contribution is -0.142. The zero-order valence-electron chi connectivity index (χ0n) is 11.1. The number of methoxy groups -OCH3 is 1. The first-order chi connectivity index (χ1) is 7.80. The standard InChI is InChI=1S/C14H20O3/c1-9(2)11-8-10(6-7-12(11)17-5)14(3,4)13(15)16/h6-9H,1-5H3,(H,15,16). The van der Waals surface area contributed by atoms with Crippen molar-refractivity contribution in [2.75, 3.05) is 7.11 Å². The van der Waals surface area contributed by atoms with Gasteiger partial charge in [0.2, 0.25) is 0 Å². The van der Waals surface area contributed by atoms with Crippen molar-refractivity contribution in [3.8, 4) is 5.75 Å². The van der Waals surface area contributed by atoms with Crippen LogP contribution in [-0.4, -0.2) is 18.2 Å². The maximum Gasteiger partial charge on any atom is 0.313 e. The summed E-state index contributed by atoms with van der Waals surface area (Å²) in [7, 11) is 1.63. The van der Waals surface area contributed by atoms with Crippen molar-refractivity contribution in [2.24, 2.45) is 0 Å². The minimum absolute atomic E-state index is 0.300. The Morgan fingerprint density at radius 2 is 1.94 bits per heavy atom. The third-order valence-electron chi connectivity index (χ3n) is 3.11. The molecule has 17 heavy (non-hydrogen) atoms. The van der Waals surface area contributed by atoms with Crippen LogP contribution < -0.4 is 4.74 Å². The molecule has 0 saturated heterocycles. The maximum absolute atomic E-state index is 11.2. The number of hydrogen-bond donors (Lipinski definition) is 1. The number of carboxylic acid groups (broad SMARTS) is 1. The average Bonchev–Trinajstić information content (AvgIpc) is 2.27. The molecule has 0 aliphatic heterocycles. The molecular formula is C14H20O3. The van der Waals surface area contributed by atoms with Crippen LogP contribution in [0.1, 0.15) is 44.7 Å². The van der Waals surface area contributed by atoms with E-state index >= 15 is 0 Å². The van der Waals surface area contributed by atoms with Gasteiger partial charge in [-0.25, -0.2) is 0 Å². The van der Waals surface area contributed by atoms with Crippen LogP contribution in [0.2, 0.25) is 0 Å². The zero-order valence-corrected chi connectivity index (χ0v) is 11.1. The summed E-state index contributed by atoms with van der Waals surface area (Å²) in [4.78, 5) is 11.2. The van der Waals surface area contributed by atoms with E-state index in [1.165, 1.54) is 0 Å². The van der Waals surface area contributed by atoms with Gasteiger partial charge in [-0.05, 0) is 37.0 Å². The first-order valence-corrected chi connectivity index (χ1v) is 5.72. The molecule has 0 spiro atoms. The number of carbonyl (C=O) groups is 1. The summed E-state index contributed by atoms with van der Waals surface area (Å²) in [5, 5.41) is 9.22. The quantitative estimate of drug-likeness (QED) is 0.873. The molecule has 1 rings (SSSR count). The lowest BCUT2D eigenvalue weighted by atomic mass is 9.83. The third kappa shape index (κ3) is 2.60. The number of aliphatic carboxylic acids is 1. The van der Waals surface area contributed by atoms with E-state index in [4.69, 9.17) is 4.74 Å². The van der Waals surface area contributed by atoms with Crippen molar-refractivity contribution >= 4 is 5.97 Å². The first kappa shape index (κ1) is 13.6. The zero-order chi connectivity index (χ0) is 13.2. The molecule has 0 aromatic heterocycles. The average molecular weight is 236 g/mol. The van der Waals surface area contributed by atoms with Crippen molar-refractivity contribution in [3.63, 3.8) is 0 Å². The molecule has 0 bridgehead atoms. The Labute approximate surface area is 102 Å². The molecule has 1 N–H and O–H groups in total. The largest absolute Gasteiger partial charge is 0.496 e. The second kappa shape index (κ2) is 4.78. The van der Waals surface area contributed by atoms with Gasteiger partial charge >= 0.3 is 5.97 Å². The molecule has 0 atom stereocenters. The summed E-state index contributed by atoms with van der Waals surface area (Å²) in [5.41, 5.74) is 0.962. The Kier molecular flexibility index (Phi) is 3.81. The maximum atomic E-state index is 11.2. The van der Waals surface area contributed by atoms with Gasteiger partial charge in [-0.3, -0.25) is 4.79 Å². The fourth-order valence-corrected chi connectivity index (χ4v) is 1.70. The SMILES string of the molecule is COc1ccc(C(C)(C)C(=O)O)cc1C(C)C. The molecule has 94 valence electrons. The molecule has 1 aromatic carbocycles. The summed E-state index contributed by atoms with van der Waals surface area (Å²) in [5.74, 6) is 0.289. The van der Waals surface area contributed by atoms with Crippen LogP contribution in [-0.2, 0) is 10.2 Å². The Morgan fingerprint density at radius 3 is 2.35 bits per heavy atom. The lowest BCUT2D eigenvalue weighted by Gasteiger charge is -2.22. The van der Waals surface area contributed by atoms with Gasteiger partial charge in [-0.2, -0.15) is 0 Å². The predicted octanol–water partition coefficient (Wildman–Crippen LogP) is 3.18. The van der Waals surface area contributed by atoms with Crippen molar-refractivity contribution < 1.29 is 14.6 Å². The van der Waals surface area contributed by atoms with Gasteiger partial charge in [-0.1, -0.05) is 26.0 Å². The van der Waals surface area contributed by atoms with Gasteiger partial charge in [0.1, 0.15) is 5.75 Å². The van der Waals surface area contributed by atoms with Crippen LogP contribution >= 0.6 is 0 Å². The summed E-state index contributed by atoms with van der Waals surface area (Å²) >= 11 is 0. The van der Waals surface area contributed by atoms with E-state index in [1.54, 1.807) is 21.0 Å². The fourth-order valence-electron chi connectivity index (χ4n) is 1.70. The van der Waals surface area contributed by atoms with Gasteiger partial charge in [0.25, 0.3) is 0 Å². The molecular weight excluding hydrogens is 216 g/mol. The fraction of sp³-hybridized carbons (Fsp3) is 0.500. The molecule has 0 radical (unpaired) electrons. The van der Waals surface area contributed by atoms with E-state index in [-0.39, 0.29) is 0 Å². The minimum Gasteiger partial charge on any atom is -0.496 e. The Bertz CT molecular complexity index is 419. The van der Waals surface area contributed by atoms with Gasteiger partial charge < -0.3 is 9.84 Å². The van der Waals surface area contributed by atoms with E-state index in [9.17, 15) is 9.90 Å². The molecule has 3 heteroatoms. The Hall–Kier alpha value is -1.51. The van der Waals surface area contributed by atoms with Crippen LogP contribution in [0, 0.1) is 0 Å². The van der Waals surface area contributed by atoms with Crippen molar-refractivity contribution in [3.05, 3.63) is 29.3 Å². The lowest BCUT2D eigenvalue weighted by Crippen LogP contribution is -2.28. The van der Waals surface area contributed by atoms with Crippen LogP contribution in [0.5, 0.6) is 5.75 Å². The third-order valence-corrected chi connectivity index (χ3v) is 3.11. The van der Waals surface area contributed by atoms with Gasteiger partial charge in [0.15, 0.2) is 0 Å². The van der Waals surface area contributed by atoms with E-state index in [1.807, 2.05) is 18.2 Å². The minimum atomic E-state index is -0.879. The highest BCUT2D eigenvalue weighted by molar-refractivity contribution is 5.80. The second-order valence-electron chi connectivity index (χ2n) is 5.04. The summed E-state index contributed by atoms with van der Waals surface area (Å²) in [6, 6.07) is 5.59. The number of carboxylic acids is 1. The van der Waals surface area contributed by atoms with E-state index < -0.39 is 11.4 Å². The van der Waals surface area contributed by atoms with E-state index in [0.29, 0.717) is 5.92 Å². The smallest absolute Gasteiger partial charge is 0.313 e. The summed E-state index contributed by atoms with van der Waals surface area (Å²) in [6.07, 6.45) is 0. The van der Waals surface area contributed by atoms with Crippen LogP contribution in [0.4, 0.5) is 0 Å². The highest BCUT2D eigenvalue weighted by Crippen LogP contribution is 2.32. The van der Waals surface area contributed by atoms with Gasteiger partial charge in [0, 0.05) is 0 Å².